The van der Waals surface area contributed by atoms with Gasteiger partial charge in [-0.1, -0.05) is 38.5 Å². The summed E-state index contributed by atoms with van der Waals surface area (Å²) >= 11 is 0. The van der Waals surface area contributed by atoms with Crippen molar-refractivity contribution in [1.29, 1.82) is 0 Å². The van der Waals surface area contributed by atoms with Gasteiger partial charge < -0.3 is 19.3 Å². The first-order valence-electron chi connectivity index (χ1n) is 10.5. The van der Waals surface area contributed by atoms with Crippen LogP contribution in [0.1, 0.15) is 64.2 Å². The van der Waals surface area contributed by atoms with Crippen molar-refractivity contribution in [2.24, 2.45) is 0 Å². The Morgan fingerprint density at radius 2 is 0.923 bits per heavy atom. The van der Waals surface area contributed by atoms with Crippen LogP contribution in [0.3, 0.4) is 0 Å². The highest BCUT2D eigenvalue weighted by Crippen LogP contribution is 2.10. The molecule has 0 aromatic heterocycles. The minimum atomic E-state index is -0.0531. The fourth-order valence-corrected chi connectivity index (χ4v) is 2.87. The predicted octanol–water partition coefficient (Wildman–Crippen LogP) is 2.61. The highest BCUT2D eigenvalue weighted by atomic mass is 16.5. The number of hydrogen-bond donors (Lipinski definition) is 0. The zero-order chi connectivity index (χ0) is 18.5. The maximum atomic E-state index is 11.5. The Morgan fingerprint density at radius 3 is 1.27 bits per heavy atom. The monoisotopic (exact) mass is 368 g/mol. The Balaban J connectivity index is 1.23. The molecule has 2 rings (SSSR count). The molecule has 6 heteroatoms. The van der Waals surface area contributed by atoms with Crippen LogP contribution in [0.2, 0.25) is 0 Å². The Morgan fingerprint density at radius 1 is 0.577 bits per heavy atom. The molecule has 0 aliphatic carbocycles. The summed E-state index contributed by atoms with van der Waals surface area (Å²) in [5.74, 6) is -0.106. The molecule has 2 saturated heterocycles. The van der Waals surface area contributed by atoms with E-state index in [0.717, 1.165) is 65.0 Å². The van der Waals surface area contributed by atoms with E-state index in [2.05, 4.69) is 9.80 Å². The van der Waals surface area contributed by atoms with Gasteiger partial charge in [0.1, 0.15) is 0 Å². The third kappa shape index (κ3) is 12.3. The van der Waals surface area contributed by atoms with Crippen molar-refractivity contribution in [3.8, 4) is 0 Å². The number of unbranched alkanes of at least 4 members (excludes halogenated alkanes) is 7. The first-order valence-corrected chi connectivity index (χ1v) is 10.5. The van der Waals surface area contributed by atoms with E-state index >= 15 is 0 Å². The van der Waals surface area contributed by atoms with Gasteiger partial charge in [-0.25, -0.2) is 0 Å². The van der Waals surface area contributed by atoms with Crippen LogP contribution >= 0.6 is 0 Å². The first kappa shape index (κ1) is 21.2. The number of carbonyl (C=O) groups is 2. The van der Waals surface area contributed by atoms with E-state index in [1.165, 1.54) is 25.7 Å². The number of ether oxygens (including phenoxy) is 2. The molecule has 0 bridgehead atoms. The third-order valence-electron chi connectivity index (χ3n) is 4.91. The minimum Gasteiger partial charge on any atom is -0.466 e. The molecule has 26 heavy (non-hydrogen) atoms. The summed E-state index contributed by atoms with van der Waals surface area (Å²) < 4.78 is 10.5. The van der Waals surface area contributed by atoms with Crippen LogP contribution in [0, 0.1) is 0 Å². The summed E-state index contributed by atoms with van der Waals surface area (Å²) in [6.45, 7) is 7.40. The van der Waals surface area contributed by atoms with Gasteiger partial charge in [-0.2, -0.15) is 0 Å². The van der Waals surface area contributed by atoms with E-state index in [1.807, 2.05) is 0 Å². The van der Waals surface area contributed by atoms with E-state index in [-0.39, 0.29) is 11.9 Å². The van der Waals surface area contributed by atoms with Crippen LogP contribution < -0.4 is 0 Å². The standard InChI is InChI=1S/C20H36N2O4/c23-19(9-11-21-13-14-21)25-17-7-5-3-1-2-4-6-8-18-26-20(24)10-12-22-15-16-22/h1-18H2. The molecule has 2 aliphatic rings. The third-order valence-corrected chi connectivity index (χ3v) is 4.91. The van der Waals surface area contributed by atoms with Crippen LogP contribution in [-0.2, 0) is 19.1 Å². The maximum Gasteiger partial charge on any atom is 0.307 e. The lowest BCUT2D eigenvalue weighted by Gasteiger charge is -2.06. The average molecular weight is 369 g/mol. The second-order valence-electron chi connectivity index (χ2n) is 7.45. The molecule has 2 aliphatic heterocycles. The zero-order valence-electron chi connectivity index (χ0n) is 16.3. The van der Waals surface area contributed by atoms with Crippen LogP contribution in [0.4, 0.5) is 0 Å². The number of rotatable bonds is 17. The van der Waals surface area contributed by atoms with Gasteiger partial charge in [-0.15, -0.1) is 0 Å². The van der Waals surface area contributed by atoms with Gasteiger partial charge in [0, 0.05) is 39.3 Å². The van der Waals surface area contributed by atoms with E-state index in [0.29, 0.717) is 26.1 Å². The Kier molecular flexibility index (Phi) is 10.7. The normalized spacial score (nSPS) is 16.5. The van der Waals surface area contributed by atoms with Crippen molar-refractivity contribution < 1.29 is 19.1 Å². The van der Waals surface area contributed by atoms with Crippen LogP contribution in [0.25, 0.3) is 0 Å². The largest absolute Gasteiger partial charge is 0.466 e. The predicted molar refractivity (Wildman–Crippen MR) is 101 cm³/mol. The summed E-state index contributed by atoms with van der Waals surface area (Å²) in [6, 6.07) is 0. The molecule has 6 nitrogen and oxygen atoms in total. The lowest BCUT2D eigenvalue weighted by atomic mass is 10.1. The van der Waals surface area contributed by atoms with Crippen molar-refractivity contribution >= 4 is 11.9 Å². The van der Waals surface area contributed by atoms with Crippen molar-refractivity contribution in [3.63, 3.8) is 0 Å². The van der Waals surface area contributed by atoms with Crippen molar-refractivity contribution in [3.05, 3.63) is 0 Å². The lowest BCUT2D eigenvalue weighted by molar-refractivity contribution is -0.144. The quantitative estimate of drug-likeness (QED) is 0.223. The van der Waals surface area contributed by atoms with Crippen molar-refractivity contribution in [1.82, 2.24) is 9.80 Å². The molecule has 0 saturated carbocycles. The smallest absolute Gasteiger partial charge is 0.307 e. The summed E-state index contributed by atoms with van der Waals surface area (Å²) in [7, 11) is 0. The highest BCUT2D eigenvalue weighted by Gasteiger charge is 2.18. The summed E-state index contributed by atoms with van der Waals surface area (Å²) in [5, 5.41) is 0. The molecular formula is C20H36N2O4. The van der Waals surface area contributed by atoms with E-state index in [4.69, 9.17) is 9.47 Å². The van der Waals surface area contributed by atoms with Crippen LogP contribution in [0.5, 0.6) is 0 Å². The molecule has 0 N–H and O–H groups in total. The molecule has 0 spiro atoms. The molecule has 0 radical (unpaired) electrons. The molecule has 0 amide bonds. The van der Waals surface area contributed by atoms with E-state index < -0.39 is 0 Å². The molecule has 0 aromatic carbocycles. The average Bonchev–Trinajstić information content (AvgIpc) is 3.53. The van der Waals surface area contributed by atoms with Gasteiger partial charge in [0.25, 0.3) is 0 Å². The number of carbonyl (C=O) groups excluding carboxylic acids is 2. The number of hydrogen-bond acceptors (Lipinski definition) is 6. The Hall–Kier alpha value is -1.14. The lowest BCUT2D eigenvalue weighted by Crippen LogP contribution is -2.11. The molecule has 0 unspecified atom stereocenters. The Bertz CT molecular complexity index is 371. The first-order chi connectivity index (χ1) is 12.7. The summed E-state index contributed by atoms with van der Waals surface area (Å²) in [5.41, 5.74) is 0. The second-order valence-corrected chi connectivity index (χ2v) is 7.45. The number of nitrogens with zero attached hydrogens (tertiary/aromatic N) is 2. The molecule has 2 heterocycles. The van der Waals surface area contributed by atoms with E-state index in [9.17, 15) is 9.59 Å². The zero-order valence-corrected chi connectivity index (χ0v) is 16.3. The fraction of sp³-hybridized carbons (Fsp3) is 0.900. The van der Waals surface area contributed by atoms with Gasteiger partial charge in [0.15, 0.2) is 0 Å². The second kappa shape index (κ2) is 13.1. The van der Waals surface area contributed by atoms with Crippen LogP contribution in [0.15, 0.2) is 0 Å². The molecule has 2 fully saturated rings. The highest BCUT2D eigenvalue weighted by molar-refractivity contribution is 5.69. The molecule has 150 valence electrons. The molecule has 0 aromatic rings. The van der Waals surface area contributed by atoms with Crippen molar-refractivity contribution in [2.45, 2.75) is 64.2 Å². The van der Waals surface area contributed by atoms with Gasteiger partial charge in [0.05, 0.1) is 26.1 Å². The molecule has 0 atom stereocenters. The van der Waals surface area contributed by atoms with Gasteiger partial charge in [-0.3, -0.25) is 9.59 Å². The summed E-state index contributed by atoms with van der Waals surface area (Å²) in [6.07, 6.45) is 10.2. The SMILES string of the molecule is O=C(CCN1CC1)OCCCCCCCCCCOC(=O)CCN1CC1. The maximum absolute atomic E-state index is 11.5. The fourth-order valence-electron chi connectivity index (χ4n) is 2.87. The summed E-state index contributed by atoms with van der Waals surface area (Å²) in [4.78, 5) is 27.4. The van der Waals surface area contributed by atoms with Gasteiger partial charge >= 0.3 is 11.9 Å². The van der Waals surface area contributed by atoms with Gasteiger partial charge in [0.2, 0.25) is 0 Å². The molecular weight excluding hydrogens is 332 g/mol. The van der Waals surface area contributed by atoms with Gasteiger partial charge in [-0.05, 0) is 12.8 Å². The van der Waals surface area contributed by atoms with Crippen molar-refractivity contribution in [2.75, 3.05) is 52.5 Å². The van der Waals surface area contributed by atoms with Crippen LogP contribution in [-0.4, -0.2) is 74.2 Å². The Labute approximate surface area is 158 Å². The van der Waals surface area contributed by atoms with E-state index in [1.54, 1.807) is 0 Å². The number of esters is 2. The topological polar surface area (TPSA) is 58.6 Å². The minimum absolute atomic E-state index is 0.0531.